The number of hydrogen-bond acceptors (Lipinski definition) is 2. The van der Waals surface area contributed by atoms with Gasteiger partial charge in [-0.3, -0.25) is 0 Å². The molecule has 0 saturated heterocycles. The Labute approximate surface area is 148 Å². The zero-order valence-corrected chi connectivity index (χ0v) is 14.4. The van der Waals surface area contributed by atoms with Gasteiger partial charge in [0.25, 0.3) is 0 Å². The minimum atomic E-state index is 0.873. The molecule has 4 rings (SSSR count). The van der Waals surface area contributed by atoms with Gasteiger partial charge in [-0.2, -0.15) is 0 Å². The Hall–Kier alpha value is -3.13. The molecule has 0 atom stereocenters. The van der Waals surface area contributed by atoms with E-state index in [1.54, 1.807) is 7.11 Å². The Morgan fingerprint density at radius 3 is 1.92 bits per heavy atom. The lowest BCUT2D eigenvalue weighted by atomic mass is 9.80. The molecule has 1 aliphatic carbocycles. The molecule has 0 bridgehead atoms. The van der Waals surface area contributed by atoms with Gasteiger partial charge in [0.1, 0.15) is 12.8 Å². The lowest BCUT2D eigenvalue weighted by molar-refractivity contribution is 0.214. The van der Waals surface area contributed by atoms with Crippen molar-refractivity contribution in [2.45, 2.75) is 6.92 Å². The Morgan fingerprint density at radius 2 is 1.28 bits per heavy atom. The van der Waals surface area contributed by atoms with Crippen molar-refractivity contribution < 1.29 is 4.84 Å². The van der Waals surface area contributed by atoms with Gasteiger partial charge in [-0.05, 0) is 35.3 Å². The third kappa shape index (κ3) is 2.76. The van der Waals surface area contributed by atoms with Gasteiger partial charge in [-0.25, -0.2) is 0 Å². The van der Waals surface area contributed by atoms with Crippen molar-refractivity contribution in [2.75, 3.05) is 7.11 Å². The molecule has 3 aromatic rings. The summed E-state index contributed by atoms with van der Waals surface area (Å²) in [4.78, 5) is 5.19. The Morgan fingerprint density at radius 1 is 0.720 bits per heavy atom. The molecule has 3 aromatic carbocycles. The minimum Gasteiger partial charge on any atom is -0.399 e. The molecular formula is C23H19NO. The van der Waals surface area contributed by atoms with Crippen molar-refractivity contribution in [3.8, 4) is 11.1 Å². The van der Waals surface area contributed by atoms with Crippen LogP contribution in [0.25, 0.3) is 22.8 Å². The first-order valence-electron chi connectivity index (χ1n) is 8.37. The van der Waals surface area contributed by atoms with E-state index in [4.69, 9.17) is 4.84 Å². The normalized spacial score (nSPS) is 15.8. The summed E-state index contributed by atoms with van der Waals surface area (Å²) in [6, 6.07) is 25.3. The first-order valence-corrected chi connectivity index (χ1v) is 8.37. The van der Waals surface area contributed by atoms with Crippen molar-refractivity contribution in [1.82, 2.24) is 0 Å². The van der Waals surface area contributed by atoms with Crippen LogP contribution in [0.1, 0.15) is 22.3 Å². The molecule has 0 heterocycles. The van der Waals surface area contributed by atoms with Crippen molar-refractivity contribution in [1.29, 1.82) is 0 Å². The van der Waals surface area contributed by atoms with Crippen LogP contribution in [0.15, 0.2) is 78.0 Å². The summed E-state index contributed by atoms with van der Waals surface area (Å²) in [5.74, 6) is 0. The molecule has 122 valence electrons. The second-order valence-electron chi connectivity index (χ2n) is 6.18. The molecule has 0 amide bonds. The van der Waals surface area contributed by atoms with Crippen molar-refractivity contribution in [3.05, 3.63) is 95.1 Å². The molecule has 0 spiro atoms. The van der Waals surface area contributed by atoms with E-state index in [2.05, 4.69) is 84.9 Å². The summed E-state index contributed by atoms with van der Waals surface area (Å²) >= 11 is 0. The van der Waals surface area contributed by atoms with Crippen LogP contribution in [0, 0.1) is 6.92 Å². The maximum atomic E-state index is 5.19. The zero-order chi connectivity index (χ0) is 17.2. The van der Waals surface area contributed by atoms with E-state index in [1.165, 1.54) is 22.3 Å². The Balaban J connectivity index is 1.99. The molecule has 0 radical (unpaired) electrons. The van der Waals surface area contributed by atoms with E-state index in [0.29, 0.717) is 0 Å². The Bertz CT molecular complexity index is 981. The molecule has 25 heavy (non-hydrogen) atoms. The number of aryl methyl sites for hydroxylation is 1. The first-order chi connectivity index (χ1) is 12.3. The number of allylic oxidation sites excluding steroid dienone is 1. The van der Waals surface area contributed by atoms with Crippen molar-refractivity contribution in [2.24, 2.45) is 5.16 Å². The highest BCUT2D eigenvalue weighted by atomic mass is 16.6. The molecule has 0 unspecified atom stereocenters. The standard InChI is InChI=1S/C23H19NO/c1-16-11-13-17(14-12-16)15-22-20-9-4-3-7-18(20)19-8-5-6-10-21(19)23(22)24-25-2/h3-15H,1-2H3/b22-15-,24-23+. The van der Waals surface area contributed by atoms with E-state index in [0.717, 1.165) is 22.4 Å². The average Bonchev–Trinajstić information content (AvgIpc) is 2.66. The predicted molar refractivity (Wildman–Crippen MR) is 104 cm³/mol. The lowest BCUT2D eigenvalue weighted by Crippen LogP contribution is -2.13. The molecule has 0 aromatic heterocycles. The fraction of sp³-hybridized carbons (Fsp3) is 0.0870. The van der Waals surface area contributed by atoms with E-state index in [-0.39, 0.29) is 0 Å². The van der Waals surface area contributed by atoms with Crippen LogP contribution in [-0.2, 0) is 4.84 Å². The van der Waals surface area contributed by atoms with Crippen LogP contribution in [0.4, 0.5) is 0 Å². The van der Waals surface area contributed by atoms with Gasteiger partial charge in [0, 0.05) is 11.1 Å². The van der Waals surface area contributed by atoms with Crippen LogP contribution in [0.2, 0.25) is 0 Å². The first kappa shape index (κ1) is 15.4. The molecule has 0 saturated carbocycles. The molecule has 0 fully saturated rings. The number of oxime groups is 1. The number of benzene rings is 3. The number of hydrogen-bond donors (Lipinski definition) is 0. The molecular weight excluding hydrogens is 306 g/mol. The molecule has 0 aliphatic heterocycles. The topological polar surface area (TPSA) is 21.6 Å². The lowest BCUT2D eigenvalue weighted by Gasteiger charge is -2.23. The third-order valence-corrected chi connectivity index (χ3v) is 4.52. The van der Waals surface area contributed by atoms with Crippen LogP contribution >= 0.6 is 0 Å². The van der Waals surface area contributed by atoms with Crippen LogP contribution in [-0.4, -0.2) is 12.8 Å². The molecule has 2 heteroatoms. The minimum absolute atomic E-state index is 0.873. The Kier molecular flexibility index (Phi) is 3.95. The van der Waals surface area contributed by atoms with Gasteiger partial charge in [-0.15, -0.1) is 0 Å². The molecule has 2 nitrogen and oxygen atoms in total. The summed E-state index contributed by atoms with van der Waals surface area (Å²) in [5.41, 5.74) is 9.05. The number of rotatable bonds is 2. The van der Waals surface area contributed by atoms with Gasteiger partial charge < -0.3 is 4.84 Å². The fourth-order valence-electron chi connectivity index (χ4n) is 3.32. The number of nitrogens with zero attached hydrogens (tertiary/aromatic N) is 1. The largest absolute Gasteiger partial charge is 0.399 e. The van der Waals surface area contributed by atoms with E-state index in [1.807, 2.05) is 6.07 Å². The van der Waals surface area contributed by atoms with Crippen molar-refractivity contribution >= 4 is 17.4 Å². The number of fused-ring (bicyclic) bond motifs is 3. The smallest absolute Gasteiger partial charge is 0.118 e. The summed E-state index contributed by atoms with van der Waals surface area (Å²) in [7, 11) is 1.60. The van der Waals surface area contributed by atoms with Gasteiger partial charge in [-0.1, -0.05) is 83.5 Å². The predicted octanol–water partition coefficient (Wildman–Crippen LogP) is 5.57. The quantitative estimate of drug-likeness (QED) is 0.565. The van der Waals surface area contributed by atoms with Gasteiger partial charge in [0.2, 0.25) is 0 Å². The van der Waals surface area contributed by atoms with E-state index >= 15 is 0 Å². The maximum absolute atomic E-state index is 5.19. The summed E-state index contributed by atoms with van der Waals surface area (Å²) < 4.78 is 0. The second kappa shape index (κ2) is 6.40. The second-order valence-corrected chi connectivity index (χ2v) is 6.18. The maximum Gasteiger partial charge on any atom is 0.118 e. The fourth-order valence-corrected chi connectivity index (χ4v) is 3.32. The van der Waals surface area contributed by atoms with Crippen LogP contribution < -0.4 is 0 Å². The van der Waals surface area contributed by atoms with Gasteiger partial charge in [0.15, 0.2) is 0 Å². The van der Waals surface area contributed by atoms with Crippen LogP contribution in [0.5, 0.6) is 0 Å². The van der Waals surface area contributed by atoms with Gasteiger partial charge in [0.05, 0.1) is 0 Å². The molecule has 0 N–H and O–H groups in total. The highest BCUT2D eigenvalue weighted by molar-refractivity contribution is 6.39. The summed E-state index contributed by atoms with van der Waals surface area (Å²) in [6.07, 6.45) is 2.19. The molecule has 1 aliphatic rings. The van der Waals surface area contributed by atoms with E-state index in [9.17, 15) is 0 Å². The highest BCUT2D eigenvalue weighted by Crippen LogP contribution is 2.40. The van der Waals surface area contributed by atoms with Crippen LogP contribution in [0.3, 0.4) is 0 Å². The third-order valence-electron chi connectivity index (χ3n) is 4.52. The average molecular weight is 325 g/mol. The summed E-state index contributed by atoms with van der Waals surface area (Å²) in [6.45, 7) is 2.10. The van der Waals surface area contributed by atoms with E-state index < -0.39 is 0 Å². The zero-order valence-electron chi connectivity index (χ0n) is 14.4. The van der Waals surface area contributed by atoms with Crippen molar-refractivity contribution in [3.63, 3.8) is 0 Å². The SMILES string of the molecule is CO/N=C1/C(=C\c2ccc(C)cc2)c2ccccc2-c2ccccc21. The summed E-state index contributed by atoms with van der Waals surface area (Å²) in [5, 5.41) is 4.37. The van der Waals surface area contributed by atoms with Gasteiger partial charge >= 0.3 is 0 Å². The highest BCUT2D eigenvalue weighted by Gasteiger charge is 2.25. The monoisotopic (exact) mass is 325 g/mol.